The number of para-hydroxylation sites is 1. The molecule has 2 aromatic carbocycles. The Morgan fingerprint density at radius 1 is 0.867 bits per heavy atom. The first-order valence-corrected chi connectivity index (χ1v) is 15.3. The lowest BCUT2D eigenvalue weighted by molar-refractivity contribution is -0.154. The Labute approximate surface area is 263 Å². The second-order valence-electron chi connectivity index (χ2n) is 10.8. The summed E-state index contributed by atoms with van der Waals surface area (Å²) < 4.78 is 114. The zero-order valence-corrected chi connectivity index (χ0v) is 26.0. The number of rotatable bonds is 12. The maximum atomic E-state index is 13.1. The molecular weight excluding hydrogens is 652 g/mol. The van der Waals surface area contributed by atoms with Crippen molar-refractivity contribution in [3.05, 3.63) is 42.5 Å². The van der Waals surface area contributed by atoms with Crippen molar-refractivity contribution in [2.75, 3.05) is 50.6 Å². The zero-order chi connectivity index (χ0) is 32.1. The van der Waals surface area contributed by atoms with Crippen LogP contribution in [0.2, 0.25) is 0 Å². The molecule has 1 aliphatic rings. The Balaban J connectivity index is 0.00000552. The van der Waals surface area contributed by atoms with Crippen LogP contribution in [0.25, 0.3) is 10.9 Å². The summed E-state index contributed by atoms with van der Waals surface area (Å²) in [6.45, 7) is -2.87. The van der Waals surface area contributed by atoms with Gasteiger partial charge in [0.25, 0.3) is 0 Å². The van der Waals surface area contributed by atoms with Crippen molar-refractivity contribution in [3.8, 4) is 11.5 Å². The lowest BCUT2D eigenvalue weighted by Crippen LogP contribution is -2.33. The van der Waals surface area contributed by atoms with Crippen LogP contribution in [-0.2, 0) is 10.0 Å². The van der Waals surface area contributed by atoms with E-state index < -0.39 is 52.0 Å². The van der Waals surface area contributed by atoms with Gasteiger partial charge in [-0.3, -0.25) is 0 Å². The average Bonchev–Trinajstić information content (AvgIpc) is 2.96. The molecule has 1 aliphatic carbocycles. The lowest BCUT2D eigenvalue weighted by atomic mass is 9.82. The molecule has 1 heterocycles. The Bertz CT molecular complexity index is 1530. The second kappa shape index (κ2) is 14.9. The molecule has 3 aromatic rings. The van der Waals surface area contributed by atoms with E-state index in [1.54, 1.807) is 0 Å². The van der Waals surface area contributed by atoms with Gasteiger partial charge >= 0.3 is 12.4 Å². The predicted molar refractivity (Wildman–Crippen MR) is 160 cm³/mol. The first-order chi connectivity index (χ1) is 20.6. The predicted octanol–water partition coefficient (Wildman–Crippen LogP) is 6.20. The number of anilines is 2. The number of benzene rings is 2. The Kier molecular flexibility index (Phi) is 12.0. The van der Waals surface area contributed by atoms with Gasteiger partial charge in [-0.2, -0.15) is 31.3 Å². The topological polar surface area (TPSA) is 106 Å². The smallest absolute Gasteiger partial charge is 0.422 e. The third-order valence-electron chi connectivity index (χ3n) is 7.08. The fourth-order valence-electron chi connectivity index (χ4n) is 4.89. The Hall–Kier alpha value is -3.24. The van der Waals surface area contributed by atoms with Crippen LogP contribution < -0.4 is 24.4 Å². The highest BCUT2D eigenvalue weighted by atomic mass is 35.5. The van der Waals surface area contributed by atoms with Crippen LogP contribution in [0.15, 0.2) is 47.4 Å². The first-order valence-electron chi connectivity index (χ1n) is 13.8. The van der Waals surface area contributed by atoms with Gasteiger partial charge in [-0.25, -0.2) is 18.1 Å². The van der Waals surface area contributed by atoms with Crippen LogP contribution in [-0.4, -0.2) is 71.1 Å². The molecule has 0 radical (unpaired) electrons. The number of fused-ring (bicyclic) bond motifs is 1. The van der Waals surface area contributed by atoms with Crippen molar-refractivity contribution < 1.29 is 44.2 Å². The number of sulfonamides is 1. The molecule has 1 fully saturated rings. The minimum Gasteiger partial charge on any atom is -0.484 e. The zero-order valence-electron chi connectivity index (χ0n) is 24.4. The maximum Gasteiger partial charge on any atom is 0.422 e. The normalized spacial score (nSPS) is 17.4. The van der Waals surface area contributed by atoms with E-state index in [9.17, 15) is 34.8 Å². The molecule has 0 amide bonds. The largest absolute Gasteiger partial charge is 0.484 e. The van der Waals surface area contributed by atoms with Crippen LogP contribution in [0, 0.1) is 11.8 Å². The van der Waals surface area contributed by atoms with Gasteiger partial charge in [-0.1, -0.05) is 12.1 Å². The molecule has 4 rings (SSSR count). The highest BCUT2D eigenvalue weighted by Crippen LogP contribution is 2.33. The number of ether oxygens (including phenoxy) is 2. The molecule has 2 N–H and O–H groups in total. The van der Waals surface area contributed by atoms with E-state index in [0.717, 1.165) is 47.8 Å². The van der Waals surface area contributed by atoms with Gasteiger partial charge in [0.05, 0.1) is 5.52 Å². The van der Waals surface area contributed by atoms with E-state index in [-0.39, 0.29) is 30.8 Å². The van der Waals surface area contributed by atoms with Gasteiger partial charge in [0, 0.05) is 38.6 Å². The molecule has 0 bridgehead atoms. The Morgan fingerprint density at radius 3 is 2.09 bits per heavy atom. The summed E-state index contributed by atoms with van der Waals surface area (Å²) in [5, 5.41) is 4.25. The number of aromatic nitrogens is 2. The molecule has 1 saturated carbocycles. The lowest BCUT2D eigenvalue weighted by Gasteiger charge is -2.29. The standard InChI is InChI=1S/C28H33F6N5O4S.ClH/c1-39(2)25-21-5-3-4-6-22(21)37-26(38-25)35-14-18-7-9-19(10-8-18)15-36-44(40,41)24-13-20(42-16-27(29,30)31)11-12-23(24)43-17-28(32,33)34;/h3-6,11-13,18-19,36H,7-10,14-17H2,1-2H3,(H,35,37,38);1H. The van der Waals surface area contributed by atoms with Gasteiger partial charge in [0.15, 0.2) is 13.2 Å². The average molecular weight is 686 g/mol. The number of nitrogens with zero attached hydrogens (tertiary/aromatic N) is 3. The number of nitrogens with one attached hydrogen (secondary N) is 2. The number of hydrogen-bond acceptors (Lipinski definition) is 8. The third-order valence-corrected chi connectivity index (χ3v) is 8.53. The molecule has 0 aliphatic heterocycles. The molecule has 45 heavy (non-hydrogen) atoms. The summed E-state index contributed by atoms with van der Waals surface area (Å²) in [5.74, 6) is 0.388. The fraction of sp³-hybridized carbons (Fsp3) is 0.500. The monoisotopic (exact) mass is 685 g/mol. The number of halogens is 7. The van der Waals surface area contributed by atoms with E-state index in [1.807, 2.05) is 43.3 Å². The highest BCUT2D eigenvalue weighted by molar-refractivity contribution is 7.89. The minimum atomic E-state index is -4.76. The van der Waals surface area contributed by atoms with E-state index in [1.165, 1.54) is 0 Å². The molecule has 0 saturated heterocycles. The molecule has 17 heteroatoms. The van der Waals surface area contributed by atoms with Crippen LogP contribution in [0.5, 0.6) is 11.5 Å². The van der Waals surface area contributed by atoms with Crippen molar-refractivity contribution in [3.63, 3.8) is 0 Å². The number of hydrogen-bond donors (Lipinski definition) is 2. The van der Waals surface area contributed by atoms with Crippen molar-refractivity contribution in [2.24, 2.45) is 11.8 Å². The van der Waals surface area contributed by atoms with Crippen molar-refractivity contribution >= 4 is 45.1 Å². The molecule has 0 unspecified atom stereocenters. The van der Waals surface area contributed by atoms with Crippen molar-refractivity contribution in [1.29, 1.82) is 0 Å². The second-order valence-corrected chi connectivity index (χ2v) is 12.6. The highest BCUT2D eigenvalue weighted by Gasteiger charge is 2.32. The van der Waals surface area contributed by atoms with Crippen LogP contribution in [0.1, 0.15) is 25.7 Å². The quantitative estimate of drug-likeness (QED) is 0.217. The minimum absolute atomic E-state index is 0. The fourth-order valence-corrected chi connectivity index (χ4v) is 6.17. The number of alkyl halides is 6. The van der Waals surface area contributed by atoms with Gasteiger partial charge in [-0.05, 0) is 61.8 Å². The Morgan fingerprint density at radius 2 is 1.47 bits per heavy atom. The summed E-state index contributed by atoms with van der Waals surface area (Å²) in [5.41, 5.74) is 0.814. The van der Waals surface area contributed by atoms with Gasteiger partial charge in [0.2, 0.25) is 16.0 Å². The third kappa shape index (κ3) is 10.7. The van der Waals surface area contributed by atoms with Gasteiger partial charge in [-0.15, -0.1) is 12.4 Å². The van der Waals surface area contributed by atoms with E-state index in [2.05, 4.69) is 29.5 Å². The van der Waals surface area contributed by atoms with E-state index >= 15 is 0 Å². The van der Waals surface area contributed by atoms with E-state index in [0.29, 0.717) is 25.3 Å². The van der Waals surface area contributed by atoms with Crippen molar-refractivity contribution in [1.82, 2.24) is 14.7 Å². The molecular formula is C28H34ClF6N5O4S. The molecule has 9 nitrogen and oxygen atoms in total. The molecule has 250 valence electrons. The van der Waals surface area contributed by atoms with Crippen molar-refractivity contribution in [2.45, 2.75) is 42.9 Å². The first kappa shape index (κ1) is 36.2. The molecule has 0 spiro atoms. The summed E-state index contributed by atoms with van der Waals surface area (Å²) in [4.78, 5) is 10.4. The maximum absolute atomic E-state index is 13.1. The molecule has 1 aromatic heterocycles. The summed E-state index contributed by atoms with van der Waals surface area (Å²) in [6.07, 6.45) is -6.52. The van der Waals surface area contributed by atoms with E-state index in [4.69, 9.17) is 0 Å². The van der Waals surface area contributed by atoms with Crippen LogP contribution in [0.3, 0.4) is 0 Å². The van der Waals surface area contributed by atoms with Gasteiger partial charge < -0.3 is 19.7 Å². The summed E-state index contributed by atoms with van der Waals surface area (Å²) in [6, 6.07) is 10.2. The van der Waals surface area contributed by atoms with Crippen LogP contribution in [0.4, 0.5) is 38.1 Å². The summed E-state index contributed by atoms with van der Waals surface area (Å²) in [7, 11) is -0.648. The SMILES string of the molecule is CN(C)c1nc(NCC2CCC(CNS(=O)(=O)c3cc(OCC(F)(F)F)ccc3OCC(F)(F)F)CC2)nc2ccccc12.Cl. The molecule has 0 atom stereocenters. The van der Waals surface area contributed by atoms with Gasteiger partial charge in [0.1, 0.15) is 22.2 Å². The van der Waals surface area contributed by atoms with Crippen LogP contribution >= 0.6 is 12.4 Å². The summed E-state index contributed by atoms with van der Waals surface area (Å²) >= 11 is 0.